The lowest BCUT2D eigenvalue weighted by molar-refractivity contribution is 0.244. The average molecular weight is 251 g/mol. The Morgan fingerprint density at radius 2 is 1.76 bits per heavy atom. The molecule has 0 amide bonds. The Morgan fingerprint density at radius 1 is 1.12 bits per heavy atom. The van der Waals surface area contributed by atoms with Crippen molar-refractivity contribution in [2.24, 2.45) is 11.8 Å². The van der Waals surface area contributed by atoms with Crippen LogP contribution in [0.15, 0.2) is 18.3 Å². The van der Waals surface area contributed by atoms with Gasteiger partial charge in [-0.2, -0.15) is 0 Å². The molecule has 0 N–H and O–H groups in total. The lowest BCUT2D eigenvalue weighted by atomic mass is 10.2. The summed E-state index contributed by atoms with van der Waals surface area (Å²) in [4.78, 5) is 6.77. The number of rotatable bonds is 6. The minimum atomic E-state index is 0.588. The molecule has 92 valence electrons. The third-order valence-corrected chi connectivity index (χ3v) is 3.85. The van der Waals surface area contributed by atoms with E-state index in [2.05, 4.69) is 16.0 Å². The SMILES string of the molecule is Clc1ccc(CN(CC2CC2)CC2CC2)cn1. The first kappa shape index (κ1) is 11.5. The number of aromatic nitrogens is 1. The molecule has 2 nitrogen and oxygen atoms in total. The monoisotopic (exact) mass is 250 g/mol. The number of halogens is 1. The molecule has 17 heavy (non-hydrogen) atoms. The van der Waals surface area contributed by atoms with Crippen molar-refractivity contribution in [3.8, 4) is 0 Å². The summed E-state index contributed by atoms with van der Waals surface area (Å²) in [6.07, 6.45) is 7.63. The Labute approximate surface area is 108 Å². The predicted molar refractivity (Wildman–Crippen MR) is 70.0 cm³/mol. The third kappa shape index (κ3) is 3.68. The van der Waals surface area contributed by atoms with E-state index >= 15 is 0 Å². The van der Waals surface area contributed by atoms with Crippen LogP contribution in [0.1, 0.15) is 31.2 Å². The quantitative estimate of drug-likeness (QED) is 0.720. The van der Waals surface area contributed by atoms with Crippen molar-refractivity contribution in [1.82, 2.24) is 9.88 Å². The van der Waals surface area contributed by atoms with Gasteiger partial charge in [0.05, 0.1) is 0 Å². The van der Waals surface area contributed by atoms with Crippen LogP contribution in [-0.4, -0.2) is 23.0 Å². The molecule has 1 aromatic rings. The fraction of sp³-hybridized carbons (Fsp3) is 0.643. The van der Waals surface area contributed by atoms with E-state index in [0.29, 0.717) is 5.15 Å². The Morgan fingerprint density at radius 3 is 2.24 bits per heavy atom. The molecule has 0 unspecified atom stereocenters. The highest BCUT2D eigenvalue weighted by atomic mass is 35.5. The maximum absolute atomic E-state index is 5.81. The summed E-state index contributed by atoms with van der Waals surface area (Å²) in [6, 6.07) is 3.99. The first-order chi connectivity index (χ1) is 8.29. The lowest BCUT2D eigenvalue weighted by Gasteiger charge is -2.22. The van der Waals surface area contributed by atoms with Crippen LogP contribution in [0, 0.1) is 11.8 Å². The average Bonchev–Trinajstić information content (AvgIpc) is 3.17. The van der Waals surface area contributed by atoms with Gasteiger partial charge in [0.1, 0.15) is 5.15 Å². The zero-order valence-electron chi connectivity index (χ0n) is 10.1. The van der Waals surface area contributed by atoms with E-state index < -0.39 is 0 Å². The Hall–Kier alpha value is -0.600. The standard InChI is InChI=1S/C14H19ClN2/c15-14-6-5-13(7-16-14)10-17(8-11-1-2-11)9-12-3-4-12/h5-7,11-12H,1-4,8-10H2. The highest BCUT2D eigenvalue weighted by Gasteiger charge is 2.29. The maximum Gasteiger partial charge on any atom is 0.129 e. The smallest absolute Gasteiger partial charge is 0.129 e. The van der Waals surface area contributed by atoms with Crippen molar-refractivity contribution in [1.29, 1.82) is 0 Å². The van der Waals surface area contributed by atoms with E-state index in [-0.39, 0.29) is 0 Å². The van der Waals surface area contributed by atoms with E-state index in [4.69, 9.17) is 11.6 Å². The molecule has 0 atom stereocenters. The van der Waals surface area contributed by atoms with Crippen LogP contribution in [0.2, 0.25) is 5.15 Å². The highest BCUT2D eigenvalue weighted by molar-refractivity contribution is 6.29. The lowest BCUT2D eigenvalue weighted by Crippen LogP contribution is -2.27. The van der Waals surface area contributed by atoms with Crippen LogP contribution >= 0.6 is 11.6 Å². The number of hydrogen-bond acceptors (Lipinski definition) is 2. The van der Waals surface area contributed by atoms with Gasteiger partial charge in [0.25, 0.3) is 0 Å². The summed E-state index contributed by atoms with van der Waals surface area (Å²) in [6.45, 7) is 3.59. The van der Waals surface area contributed by atoms with E-state index in [1.54, 1.807) is 0 Å². The van der Waals surface area contributed by atoms with Crippen LogP contribution in [-0.2, 0) is 6.54 Å². The van der Waals surface area contributed by atoms with Crippen molar-refractivity contribution in [2.45, 2.75) is 32.2 Å². The molecule has 0 radical (unpaired) electrons. The van der Waals surface area contributed by atoms with Gasteiger partial charge >= 0.3 is 0 Å². The van der Waals surface area contributed by atoms with Gasteiger partial charge in [0, 0.05) is 25.8 Å². The largest absolute Gasteiger partial charge is 0.298 e. The van der Waals surface area contributed by atoms with Crippen LogP contribution < -0.4 is 0 Å². The highest BCUT2D eigenvalue weighted by Crippen LogP contribution is 2.34. The summed E-state index contributed by atoms with van der Waals surface area (Å²) >= 11 is 5.81. The molecule has 2 saturated carbocycles. The minimum Gasteiger partial charge on any atom is -0.298 e. The fourth-order valence-electron chi connectivity index (χ4n) is 2.29. The van der Waals surface area contributed by atoms with Crippen LogP contribution in [0.5, 0.6) is 0 Å². The van der Waals surface area contributed by atoms with E-state index in [1.807, 2.05) is 12.3 Å². The maximum atomic E-state index is 5.81. The molecule has 0 saturated heterocycles. The van der Waals surface area contributed by atoms with E-state index in [9.17, 15) is 0 Å². The molecule has 3 rings (SSSR count). The molecular formula is C14H19ClN2. The second-order valence-corrected chi connectivity index (χ2v) is 5.96. The predicted octanol–water partition coefficient (Wildman–Crippen LogP) is 3.36. The first-order valence-electron chi connectivity index (χ1n) is 6.62. The molecule has 2 aliphatic rings. The van der Waals surface area contributed by atoms with E-state index in [1.165, 1.54) is 44.3 Å². The topological polar surface area (TPSA) is 16.1 Å². The molecular weight excluding hydrogens is 232 g/mol. The van der Waals surface area contributed by atoms with Gasteiger partial charge in [-0.25, -0.2) is 4.98 Å². The fourth-order valence-corrected chi connectivity index (χ4v) is 2.40. The first-order valence-corrected chi connectivity index (χ1v) is 7.00. The summed E-state index contributed by atoms with van der Waals surface area (Å²) in [5.41, 5.74) is 1.29. The van der Waals surface area contributed by atoms with Gasteiger partial charge in [-0.15, -0.1) is 0 Å². The molecule has 2 fully saturated rings. The second-order valence-electron chi connectivity index (χ2n) is 5.57. The molecule has 1 aromatic heterocycles. The number of hydrogen-bond donors (Lipinski definition) is 0. The molecule has 1 heterocycles. The van der Waals surface area contributed by atoms with Gasteiger partial charge in [0.15, 0.2) is 0 Å². The van der Waals surface area contributed by atoms with Gasteiger partial charge in [-0.05, 0) is 49.1 Å². The Balaban J connectivity index is 1.58. The molecule has 0 aliphatic heterocycles. The second kappa shape index (κ2) is 4.95. The molecule has 2 aliphatic carbocycles. The van der Waals surface area contributed by atoms with Gasteiger partial charge in [-0.3, -0.25) is 4.90 Å². The zero-order valence-corrected chi connectivity index (χ0v) is 10.9. The Kier molecular flexibility index (Phi) is 3.34. The van der Waals surface area contributed by atoms with Crippen LogP contribution in [0.3, 0.4) is 0 Å². The van der Waals surface area contributed by atoms with Crippen molar-refractivity contribution in [2.75, 3.05) is 13.1 Å². The van der Waals surface area contributed by atoms with Gasteiger partial charge < -0.3 is 0 Å². The van der Waals surface area contributed by atoms with Crippen molar-refractivity contribution < 1.29 is 0 Å². The molecule has 0 bridgehead atoms. The third-order valence-electron chi connectivity index (χ3n) is 3.62. The number of nitrogens with zero attached hydrogens (tertiary/aromatic N) is 2. The van der Waals surface area contributed by atoms with Crippen LogP contribution in [0.25, 0.3) is 0 Å². The minimum absolute atomic E-state index is 0.588. The zero-order chi connectivity index (χ0) is 11.7. The van der Waals surface area contributed by atoms with Crippen molar-refractivity contribution in [3.05, 3.63) is 29.0 Å². The van der Waals surface area contributed by atoms with Gasteiger partial charge in [0.2, 0.25) is 0 Å². The van der Waals surface area contributed by atoms with Gasteiger partial charge in [-0.1, -0.05) is 17.7 Å². The summed E-state index contributed by atoms with van der Waals surface area (Å²) < 4.78 is 0. The normalized spacial score (nSPS) is 19.9. The molecule has 3 heteroatoms. The Bertz CT molecular complexity index is 354. The number of pyridine rings is 1. The summed E-state index contributed by atoms with van der Waals surface area (Å²) in [5.74, 6) is 1.93. The van der Waals surface area contributed by atoms with Crippen molar-refractivity contribution in [3.63, 3.8) is 0 Å². The molecule has 0 aromatic carbocycles. The summed E-state index contributed by atoms with van der Waals surface area (Å²) in [5, 5.41) is 0.588. The molecule has 0 spiro atoms. The van der Waals surface area contributed by atoms with E-state index in [0.717, 1.165) is 18.4 Å². The van der Waals surface area contributed by atoms with Crippen LogP contribution in [0.4, 0.5) is 0 Å². The summed E-state index contributed by atoms with van der Waals surface area (Å²) in [7, 11) is 0. The van der Waals surface area contributed by atoms with Crippen molar-refractivity contribution >= 4 is 11.6 Å².